The van der Waals surface area contributed by atoms with Gasteiger partial charge in [-0.15, -0.1) is 0 Å². The molecule has 0 aliphatic carbocycles. The van der Waals surface area contributed by atoms with E-state index < -0.39 is 23.2 Å². The number of carbonyl (C=O) groups excluding carboxylic acids is 1. The van der Waals surface area contributed by atoms with Crippen LogP contribution in [0.3, 0.4) is 0 Å². The molecule has 0 fully saturated rings. The van der Waals surface area contributed by atoms with E-state index in [9.17, 15) is 18.0 Å². The number of fused-ring (bicyclic) bond motifs is 1. The average Bonchev–Trinajstić information content (AvgIpc) is 2.74. The lowest BCUT2D eigenvalue weighted by Crippen LogP contribution is -2.37. The molecule has 5 heteroatoms. The first-order valence-corrected chi connectivity index (χ1v) is 11.2. The van der Waals surface area contributed by atoms with Gasteiger partial charge in [0, 0.05) is 19.7 Å². The SMILES string of the molecule is CN1Cc2ccc(-c3cccc(CCC(C)(C)F)c3)cc2C(Cc2cc(F)cc(F)c2)C1=O. The quantitative estimate of drug-likeness (QED) is 0.413. The van der Waals surface area contributed by atoms with Crippen LogP contribution < -0.4 is 0 Å². The highest BCUT2D eigenvalue weighted by Gasteiger charge is 2.32. The third-order valence-electron chi connectivity index (χ3n) is 6.23. The number of alkyl halides is 1. The molecule has 172 valence electrons. The summed E-state index contributed by atoms with van der Waals surface area (Å²) in [6.07, 6.45) is 1.30. The Labute approximate surface area is 193 Å². The second-order valence-electron chi connectivity index (χ2n) is 9.56. The van der Waals surface area contributed by atoms with Crippen LogP contribution in [0.1, 0.15) is 48.4 Å². The van der Waals surface area contributed by atoms with Gasteiger partial charge in [-0.2, -0.15) is 0 Å². The number of likely N-dealkylation sites (N-methyl/N-ethyl adjacent to an activating group) is 1. The Balaban J connectivity index is 1.68. The molecule has 3 aromatic carbocycles. The Morgan fingerprint density at radius 3 is 2.33 bits per heavy atom. The molecule has 2 nitrogen and oxygen atoms in total. The number of carbonyl (C=O) groups is 1. The largest absolute Gasteiger partial charge is 0.341 e. The maximum Gasteiger partial charge on any atom is 0.230 e. The number of amides is 1. The van der Waals surface area contributed by atoms with Crippen molar-refractivity contribution < 1.29 is 18.0 Å². The zero-order valence-electron chi connectivity index (χ0n) is 19.2. The smallest absolute Gasteiger partial charge is 0.230 e. The van der Waals surface area contributed by atoms with Crippen LogP contribution in [0.25, 0.3) is 11.1 Å². The van der Waals surface area contributed by atoms with E-state index in [4.69, 9.17) is 0 Å². The molecule has 1 heterocycles. The van der Waals surface area contributed by atoms with Gasteiger partial charge in [-0.25, -0.2) is 13.2 Å². The minimum absolute atomic E-state index is 0.0664. The van der Waals surface area contributed by atoms with Gasteiger partial charge in [-0.05, 0) is 84.7 Å². The van der Waals surface area contributed by atoms with E-state index in [0.717, 1.165) is 33.9 Å². The summed E-state index contributed by atoms with van der Waals surface area (Å²) < 4.78 is 41.4. The standard InChI is InChI=1S/C28H28F3NO/c1-28(2,31)10-9-18-5-4-6-20(11-18)21-7-8-22-17-32(3)27(33)26(25(22)15-21)14-19-12-23(29)16-24(30)13-19/h4-8,11-13,15-16,26H,9-10,14,17H2,1-3H3. The van der Waals surface area contributed by atoms with Gasteiger partial charge in [0.25, 0.3) is 0 Å². The molecular formula is C28H28F3NO. The highest BCUT2D eigenvalue weighted by atomic mass is 19.1. The summed E-state index contributed by atoms with van der Waals surface area (Å²) in [6, 6.07) is 17.5. The van der Waals surface area contributed by atoms with Crippen molar-refractivity contribution in [2.75, 3.05) is 7.05 Å². The molecule has 3 aromatic rings. The Bertz CT molecular complexity index is 1160. The van der Waals surface area contributed by atoms with Gasteiger partial charge in [0.15, 0.2) is 0 Å². The van der Waals surface area contributed by atoms with Crippen molar-refractivity contribution in [2.24, 2.45) is 0 Å². The van der Waals surface area contributed by atoms with Crippen LogP contribution >= 0.6 is 0 Å². The second kappa shape index (κ2) is 9.05. The second-order valence-corrected chi connectivity index (χ2v) is 9.56. The summed E-state index contributed by atoms with van der Waals surface area (Å²) in [4.78, 5) is 14.7. The molecule has 1 unspecified atom stereocenters. The van der Waals surface area contributed by atoms with Crippen molar-refractivity contribution in [1.82, 2.24) is 4.90 Å². The maximum absolute atomic E-state index is 13.9. The molecule has 0 aromatic heterocycles. The number of hydrogen-bond donors (Lipinski definition) is 0. The predicted molar refractivity (Wildman–Crippen MR) is 125 cm³/mol. The summed E-state index contributed by atoms with van der Waals surface area (Å²) in [6.45, 7) is 3.66. The first-order valence-electron chi connectivity index (χ1n) is 11.2. The molecule has 0 bridgehead atoms. The highest BCUT2D eigenvalue weighted by Crippen LogP contribution is 2.35. The van der Waals surface area contributed by atoms with E-state index in [-0.39, 0.29) is 12.3 Å². The summed E-state index contributed by atoms with van der Waals surface area (Å²) in [7, 11) is 1.74. The molecule has 0 spiro atoms. The zero-order valence-corrected chi connectivity index (χ0v) is 19.2. The topological polar surface area (TPSA) is 20.3 Å². The number of nitrogens with zero attached hydrogens (tertiary/aromatic N) is 1. The first kappa shape index (κ1) is 23.1. The maximum atomic E-state index is 13.9. The zero-order chi connectivity index (χ0) is 23.8. The number of rotatable bonds is 6. The van der Waals surface area contributed by atoms with Gasteiger partial charge in [-0.1, -0.05) is 36.4 Å². The number of hydrogen-bond acceptors (Lipinski definition) is 1. The molecule has 1 aliphatic heterocycles. The van der Waals surface area contributed by atoms with E-state index in [0.29, 0.717) is 24.9 Å². The van der Waals surface area contributed by atoms with Gasteiger partial charge in [0.05, 0.1) is 5.92 Å². The van der Waals surface area contributed by atoms with Crippen molar-refractivity contribution in [1.29, 1.82) is 0 Å². The third kappa shape index (κ3) is 5.47. The third-order valence-corrected chi connectivity index (χ3v) is 6.23. The number of aryl methyl sites for hydroxylation is 1. The van der Waals surface area contributed by atoms with Crippen LogP contribution in [-0.4, -0.2) is 23.5 Å². The summed E-state index contributed by atoms with van der Waals surface area (Å²) >= 11 is 0. The molecule has 1 atom stereocenters. The van der Waals surface area contributed by atoms with Crippen molar-refractivity contribution in [3.8, 4) is 11.1 Å². The minimum atomic E-state index is -1.22. The van der Waals surface area contributed by atoms with E-state index in [1.807, 2.05) is 36.4 Å². The Morgan fingerprint density at radius 2 is 1.64 bits per heavy atom. The molecule has 0 radical (unpaired) electrons. The van der Waals surface area contributed by atoms with Crippen molar-refractivity contribution in [3.05, 3.63) is 94.6 Å². The fourth-order valence-electron chi connectivity index (χ4n) is 4.49. The average molecular weight is 452 g/mol. The van der Waals surface area contributed by atoms with E-state index >= 15 is 0 Å². The minimum Gasteiger partial charge on any atom is -0.341 e. The van der Waals surface area contributed by atoms with Gasteiger partial charge in [-0.3, -0.25) is 4.79 Å². The number of halogens is 3. The Morgan fingerprint density at radius 1 is 0.939 bits per heavy atom. The van der Waals surface area contributed by atoms with E-state index in [1.165, 1.54) is 12.1 Å². The Kier molecular flexibility index (Phi) is 6.33. The van der Waals surface area contributed by atoms with Crippen LogP contribution in [0.4, 0.5) is 13.2 Å². The fraction of sp³-hybridized carbons (Fsp3) is 0.321. The lowest BCUT2D eigenvalue weighted by atomic mass is 9.83. The van der Waals surface area contributed by atoms with Crippen LogP contribution in [-0.2, 0) is 24.2 Å². The normalized spacial score (nSPS) is 16.1. The lowest BCUT2D eigenvalue weighted by molar-refractivity contribution is -0.133. The lowest BCUT2D eigenvalue weighted by Gasteiger charge is -2.32. The van der Waals surface area contributed by atoms with Crippen molar-refractivity contribution >= 4 is 5.91 Å². The van der Waals surface area contributed by atoms with Crippen LogP contribution in [0, 0.1) is 11.6 Å². The molecule has 0 saturated carbocycles. The summed E-state index contributed by atoms with van der Waals surface area (Å²) in [5.74, 6) is -1.88. The molecule has 1 amide bonds. The van der Waals surface area contributed by atoms with E-state index in [1.54, 1.807) is 25.8 Å². The van der Waals surface area contributed by atoms with Gasteiger partial charge >= 0.3 is 0 Å². The summed E-state index contributed by atoms with van der Waals surface area (Å²) in [5.41, 5.74) is 4.15. The molecule has 4 rings (SSSR count). The Hall–Kier alpha value is -3.08. The van der Waals surface area contributed by atoms with Crippen LogP contribution in [0.2, 0.25) is 0 Å². The van der Waals surface area contributed by atoms with Crippen LogP contribution in [0.5, 0.6) is 0 Å². The van der Waals surface area contributed by atoms with Crippen molar-refractivity contribution in [2.45, 2.75) is 51.2 Å². The molecule has 0 saturated heterocycles. The molecule has 1 aliphatic rings. The summed E-state index contributed by atoms with van der Waals surface area (Å²) in [5, 5.41) is 0. The molecule has 33 heavy (non-hydrogen) atoms. The number of benzene rings is 3. The van der Waals surface area contributed by atoms with Gasteiger partial charge in [0.1, 0.15) is 17.3 Å². The van der Waals surface area contributed by atoms with Crippen LogP contribution in [0.15, 0.2) is 60.7 Å². The van der Waals surface area contributed by atoms with E-state index in [2.05, 4.69) is 6.07 Å². The fourth-order valence-corrected chi connectivity index (χ4v) is 4.49. The molecule has 0 N–H and O–H groups in total. The van der Waals surface area contributed by atoms with Gasteiger partial charge < -0.3 is 4.90 Å². The highest BCUT2D eigenvalue weighted by molar-refractivity contribution is 5.86. The molecular weight excluding hydrogens is 423 g/mol. The first-order chi connectivity index (χ1) is 15.6. The van der Waals surface area contributed by atoms with Crippen molar-refractivity contribution in [3.63, 3.8) is 0 Å². The van der Waals surface area contributed by atoms with Gasteiger partial charge in [0.2, 0.25) is 5.91 Å². The monoisotopic (exact) mass is 451 g/mol. The predicted octanol–water partition coefficient (Wildman–Crippen LogP) is 6.61.